The van der Waals surface area contributed by atoms with Crippen LogP contribution in [0.15, 0.2) is 42.5 Å². The minimum absolute atomic E-state index is 0.280. The molecule has 132 valence electrons. The molecule has 0 bridgehead atoms. The molecule has 0 radical (unpaired) electrons. The minimum Gasteiger partial charge on any atom is -0.493 e. The monoisotopic (exact) mass is 338 g/mol. The van der Waals surface area contributed by atoms with Gasteiger partial charge in [-0.15, -0.1) is 0 Å². The van der Waals surface area contributed by atoms with Crippen molar-refractivity contribution in [1.82, 2.24) is 0 Å². The summed E-state index contributed by atoms with van der Waals surface area (Å²) < 4.78 is 5.87. The van der Waals surface area contributed by atoms with E-state index in [0.717, 1.165) is 47.3 Å². The van der Waals surface area contributed by atoms with Crippen LogP contribution in [0.3, 0.4) is 0 Å². The maximum Gasteiger partial charge on any atom is 0.336 e. The quantitative estimate of drug-likeness (QED) is 0.393. The molecule has 0 spiro atoms. The highest BCUT2D eigenvalue weighted by molar-refractivity contribution is 6.21. The summed E-state index contributed by atoms with van der Waals surface area (Å²) in [6.45, 7) is 6.73. The van der Waals surface area contributed by atoms with Crippen LogP contribution in [0.25, 0.3) is 11.6 Å². The number of ether oxygens (including phenoxy) is 1. The van der Waals surface area contributed by atoms with Gasteiger partial charge in [0.25, 0.3) is 0 Å². The van der Waals surface area contributed by atoms with Crippen molar-refractivity contribution in [2.75, 3.05) is 6.61 Å². The van der Waals surface area contributed by atoms with Crippen molar-refractivity contribution >= 4 is 17.6 Å². The Morgan fingerprint density at radius 1 is 1.12 bits per heavy atom. The lowest BCUT2D eigenvalue weighted by Gasteiger charge is -2.11. The van der Waals surface area contributed by atoms with E-state index in [1.54, 1.807) is 6.08 Å². The third kappa shape index (κ3) is 5.21. The SMILES string of the molecule is CCCCCOc1ccccc1/C=C(\C(=O)O)c1ccc(C)cc1C. The lowest BCUT2D eigenvalue weighted by molar-refractivity contribution is -0.130. The molecule has 3 nitrogen and oxygen atoms in total. The zero-order chi connectivity index (χ0) is 18.2. The Morgan fingerprint density at radius 2 is 1.88 bits per heavy atom. The molecule has 25 heavy (non-hydrogen) atoms. The molecule has 2 aromatic carbocycles. The minimum atomic E-state index is -0.937. The van der Waals surface area contributed by atoms with E-state index in [9.17, 15) is 9.90 Å². The van der Waals surface area contributed by atoms with Gasteiger partial charge in [0.1, 0.15) is 5.75 Å². The number of carboxylic acid groups (broad SMARTS) is 1. The normalized spacial score (nSPS) is 11.4. The molecule has 0 heterocycles. The van der Waals surface area contributed by atoms with Gasteiger partial charge in [0.2, 0.25) is 0 Å². The molecule has 0 saturated heterocycles. The summed E-state index contributed by atoms with van der Waals surface area (Å²) in [6.07, 6.45) is 4.97. The molecule has 0 aliphatic carbocycles. The van der Waals surface area contributed by atoms with E-state index < -0.39 is 5.97 Å². The fourth-order valence-electron chi connectivity index (χ4n) is 2.79. The second-order valence-electron chi connectivity index (χ2n) is 6.27. The van der Waals surface area contributed by atoms with E-state index in [0.29, 0.717) is 6.61 Å². The van der Waals surface area contributed by atoms with Crippen molar-refractivity contribution in [3.63, 3.8) is 0 Å². The molecule has 0 aliphatic heterocycles. The first-order valence-electron chi connectivity index (χ1n) is 8.77. The highest BCUT2D eigenvalue weighted by Gasteiger charge is 2.14. The van der Waals surface area contributed by atoms with Gasteiger partial charge in [0, 0.05) is 5.56 Å². The number of aryl methyl sites for hydroxylation is 2. The highest BCUT2D eigenvalue weighted by Crippen LogP contribution is 2.27. The molecule has 0 atom stereocenters. The maximum atomic E-state index is 11.8. The number of rotatable bonds is 8. The zero-order valence-corrected chi connectivity index (χ0v) is 15.2. The fourth-order valence-corrected chi connectivity index (χ4v) is 2.79. The Balaban J connectivity index is 2.36. The highest BCUT2D eigenvalue weighted by atomic mass is 16.5. The summed E-state index contributed by atoms with van der Waals surface area (Å²) in [6, 6.07) is 13.4. The summed E-state index contributed by atoms with van der Waals surface area (Å²) >= 11 is 0. The number of para-hydroxylation sites is 1. The van der Waals surface area contributed by atoms with Gasteiger partial charge in [-0.2, -0.15) is 0 Å². The van der Waals surface area contributed by atoms with E-state index in [1.807, 2.05) is 56.3 Å². The first kappa shape index (κ1) is 18.8. The molecule has 0 fully saturated rings. The van der Waals surface area contributed by atoms with Gasteiger partial charge in [0.15, 0.2) is 0 Å². The van der Waals surface area contributed by atoms with Crippen LogP contribution in [0.5, 0.6) is 5.75 Å². The van der Waals surface area contributed by atoms with Gasteiger partial charge in [-0.1, -0.05) is 61.7 Å². The van der Waals surface area contributed by atoms with Gasteiger partial charge in [0.05, 0.1) is 12.2 Å². The van der Waals surface area contributed by atoms with E-state index in [4.69, 9.17) is 4.74 Å². The predicted molar refractivity (Wildman–Crippen MR) is 103 cm³/mol. The van der Waals surface area contributed by atoms with Gasteiger partial charge < -0.3 is 9.84 Å². The molecule has 2 rings (SSSR count). The predicted octanol–water partition coefficient (Wildman–Crippen LogP) is 5.50. The molecule has 0 amide bonds. The van der Waals surface area contributed by atoms with Crippen LogP contribution in [0, 0.1) is 13.8 Å². The number of benzene rings is 2. The molecule has 0 saturated carbocycles. The lowest BCUT2D eigenvalue weighted by Crippen LogP contribution is -2.03. The topological polar surface area (TPSA) is 46.5 Å². The van der Waals surface area contributed by atoms with Crippen LogP contribution in [-0.4, -0.2) is 17.7 Å². The Labute approximate surface area is 150 Å². The molecule has 0 aliphatic rings. The zero-order valence-electron chi connectivity index (χ0n) is 15.2. The van der Waals surface area contributed by atoms with E-state index in [2.05, 4.69) is 6.92 Å². The summed E-state index contributed by atoms with van der Waals surface area (Å²) in [5, 5.41) is 9.71. The first-order valence-corrected chi connectivity index (χ1v) is 8.77. The van der Waals surface area contributed by atoms with Gasteiger partial charge >= 0.3 is 5.97 Å². The van der Waals surface area contributed by atoms with Crippen molar-refractivity contribution in [2.24, 2.45) is 0 Å². The van der Waals surface area contributed by atoms with Crippen LogP contribution in [-0.2, 0) is 4.79 Å². The van der Waals surface area contributed by atoms with Crippen LogP contribution < -0.4 is 4.74 Å². The Kier molecular flexibility index (Phi) is 6.81. The largest absolute Gasteiger partial charge is 0.493 e. The number of unbranched alkanes of at least 4 members (excludes halogenated alkanes) is 2. The van der Waals surface area contributed by atoms with E-state index in [1.165, 1.54) is 0 Å². The number of hydrogen-bond acceptors (Lipinski definition) is 2. The third-order valence-corrected chi connectivity index (χ3v) is 4.13. The summed E-state index contributed by atoms with van der Waals surface area (Å²) in [5.41, 5.74) is 3.87. The standard InChI is InChI=1S/C22H26O3/c1-4-5-8-13-25-21-10-7-6-9-18(21)15-20(22(23)24)19-12-11-16(2)14-17(19)3/h6-7,9-12,14-15H,4-5,8,13H2,1-3H3,(H,23,24)/b20-15-. The molecule has 0 aromatic heterocycles. The molecule has 1 N–H and O–H groups in total. The van der Waals surface area contributed by atoms with Crippen molar-refractivity contribution < 1.29 is 14.6 Å². The molecule has 3 heteroatoms. The fraction of sp³-hybridized carbons (Fsp3) is 0.318. The van der Waals surface area contributed by atoms with E-state index in [-0.39, 0.29) is 5.57 Å². The third-order valence-electron chi connectivity index (χ3n) is 4.13. The average molecular weight is 338 g/mol. The molecule has 2 aromatic rings. The van der Waals surface area contributed by atoms with Gasteiger partial charge in [-0.25, -0.2) is 4.79 Å². The van der Waals surface area contributed by atoms with Crippen LogP contribution in [0.1, 0.15) is 48.4 Å². The number of carbonyl (C=O) groups is 1. The maximum absolute atomic E-state index is 11.8. The molecule has 0 unspecified atom stereocenters. The second kappa shape index (κ2) is 9.07. The van der Waals surface area contributed by atoms with Crippen LogP contribution in [0.4, 0.5) is 0 Å². The molecular formula is C22H26O3. The lowest BCUT2D eigenvalue weighted by atomic mass is 9.97. The number of carboxylic acids is 1. The summed E-state index contributed by atoms with van der Waals surface area (Å²) in [4.78, 5) is 11.8. The average Bonchev–Trinajstić information content (AvgIpc) is 2.58. The Morgan fingerprint density at radius 3 is 2.56 bits per heavy atom. The second-order valence-corrected chi connectivity index (χ2v) is 6.27. The van der Waals surface area contributed by atoms with Crippen molar-refractivity contribution in [2.45, 2.75) is 40.0 Å². The van der Waals surface area contributed by atoms with Crippen LogP contribution >= 0.6 is 0 Å². The number of aliphatic carboxylic acids is 1. The van der Waals surface area contributed by atoms with Crippen molar-refractivity contribution in [3.8, 4) is 5.75 Å². The van der Waals surface area contributed by atoms with Crippen molar-refractivity contribution in [1.29, 1.82) is 0 Å². The number of hydrogen-bond donors (Lipinski definition) is 1. The van der Waals surface area contributed by atoms with Gasteiger partial charge in [-0.05, 0) is 43.5 Å². The Bertz CT molecular complexity index is 760. The van der Waals surface area contributed by atoms with Gasteiger partial charge in [-0.3, -0.25) is 0 Å². The summed E-state index contributed by atoms with van der Waals surface area (Å²) in [7, 11) is 0. The van der Waals surface area contributed by atoms with Crippen molar-refractivity contribution in [3.05, 3.63) is 64.7 Å². The molecular weight excluding hydrogens is 312 g/mol. The first-order chi connectivity index (χ1) is 12.0. The van der Waals surface area contributed by atoms with E-state index >= 15 is 0 Å². The summed E-state index contributed by atoms with van der Waals surface area (Å²) in [5.74, 6) is -0.213. The smallest absolute Gasteiger partial charge is 0.336 e. The van der Waals surface area contributed by atoms with Crippen LogP contribution in [0.2, 0.25) is 0 Å². The Hall–Kier alpha value is -2.55.